The van der Waals surface area contributed by atoms with Crippen LogP contribution < -0.4 is 15.1 Å². The first-order valence-corrected chi connectivity index (χ1v) is 13.1. The first-order chi connectivity index (χ1) is 20.2. The van der Waals surface area contributed by atoms with E-state index in [4.69, 9.17) is 13.9 Å². The van der Waals surface area contributed by atoms with Gasteiger partial charge in [0.15, 0.2) is 11.9 Å². The number of hydrazine groups is 1. The van der Waals surface area contributed by atoms with Crippen molar-refractivity contribution < 1.29 is 40.2 Å². The van der Waals surface area contributed by atoms with Crippen LogP contribution in [0.15, 0.2) is 71.1 Å². The number of benzene rings is 3. The highest BCUT2D eigenvalue weighted by Gasteiger charge is 2.41. The number of anilines is 1. The van der Waals surface area contributed by atoms with Crippen molar-refractivity contribution in [2.75, 3.05) is 19.0 Å². The first-order valence-electron chi connectivity index (χ1n) is 13.1. The standard InChI is InChI=1S/C30H30F6N4O3/c1-19(38-40(30(34,35)36)18-22-7-5-6-8-25(22)29(31,32)33)41-20(2)42-24-14-15-26-27(17-24)43-28(37-26)16-11-21-9-12-23(13-10-21)39(3)4/h5-17,19-20,38H,18H2,1-4H3/b16-11+. The Bertz CT molecular complexity index is 1530. The average Bonchev–Trinajstić information content (AvgIpc) is 3.33. The van der Waals surface area contributed by atoms with E-state index in [2.05, 4.69) is 10.4 Å². The molecule has 1 N–H and O–H groups in total. The molecule has 2 atom stereocenters. The Morgan fingerprint density at radius 1 is 0.930 bits per heavy atom. The second-order valence-electron chi connectivity index (χ2n) is 9.80. The predicted octanol–water partition coefficient (Wildman–Crippen LogP) is 7.70. The highest BCUT2D eigenvalue weighted by molar-refractivity contribution is 5.77. The Hall–Kier alpha value is -4.07. The number of halogens is 6. The van der Waals surface area contributed by atoms with Crippen molar-refractivity contribution in [2.24, 2.45) is 0 Å². The van der Waals surface area contributed by atoms with E-state index in [9.17, 15) is 26.3 Å². The Balaban J connectivity index is 1.37. The van der Waals surface area contributed by atoms with Gasteiger partial charge in [-0.25, -0.2) is 10.4 Å². The number of fused-ring (bicyclic) bond motifs is 1. The number of aromatic nitrogens is 1. The third kappa shape index (κ3) is 8.72. The lowest BCUT2D eigenvalue weighted by atomic mass is 10.1. The Morgan fingerprint density at radius 2 is 1.63 bits per heavy atom. The van der Waals surface area contributed by atoms with Crippen LogP contribution in [0.1, 0.15) is 36.4 Å². The molecule has 0 saturated carbocycles. The van der Waals surface area contributed by atoms with Gasteiger partial charge in [0.25, 0.3) is 0 Å². The van der Waals surface area contributed by atoms with E-state index in [-0.39, 0.29) is 5.01 Å². The van der Waals surface area contributed by atoms with E-state index in [1.807, 2.05) is 49.3 Å². The van der Waals surface area contributed by atoms with Crippen LogP contribution in [0.5, 0.6) is 5.75 Å². The van der Waals surface area contributed by atoms with Gasteiger partial charge in [-0.1, -0.05) is 30.3 Å². The van der Waals surface area contributed by atoms with Crippen LogP contribution in [-0.2, 0) is 17.5 Å². The minimum absolute atomic E-state index is 0.263. The third-order valence-electron chi connectivity index (χ3n) is 6.20. The number of nitrogens with one attached hydrogen (secondary N) is 1. The maximum Gasteiger partial charge on any atom is 0.473 e. The van der Waals surface area contributed by atoms with Crippen molar-refractivity contribution in [1.29, 1.82) is 0 Å². The van der Waals surface area contributed by atoms with E-state index in [1.54, 1.807) is 24.3 Å². The van der Waals surface area contributed by atoms with E-state index >= 15 is 0 Å². The fourth-order valence-corrected chi connectivity index (χ4v) is 4.19. The summed E-state index contributed by atoms with van der Waals surface area (Å²) in [7, 11) is 3.91. The summed E-state index contributed by atoms with van der Waals surface area (Å²) in [4.78, 5) is 6.41. The fraction of sp³-hybridized carbons (Fsp3) is 0.300. The molecule has 0 spiro atoms. The largest absolute Gasteiger partial charge is 0.473 e. The zero-order chi connectivity index (χ0) is 31.4. The summed E-state index contributed by atoms with van der Waals surface area (Å²) in [5.74, 6) is 0.676. The highest BCUT2D eigenvalue weighted by atomic mass is 19.4. The molecule has 0 aliphatic rings. The second kappa shape index (κ2) is 13.1. The van der Waals surface area contributed by atoms with Crippen molar-refractivity contribution in [2.45, 2.75) is 45.4 Å². The van der Waals surface area contributed by atoms with Crippen molar-refractivity contribution in [3.8, 4) is 5.75 Å². The number of hydrogen-bond donors (Lipinski definition) is 1. The van der Waals surface area contributed by atoms with E-state index in [0.29, 0.717) is 22.7 Å². The fourth-order valence-electron chi connectivity index (χ4n) is 4.19. The maximum absolute atomic E-state index is 13.7. The van der Waals surface area contributed by atoms with Crippen LogP contribution in [0.25, 0.3) is 23.3 Å². The average molecular weight is 609 g/mol. The summed E-state index contributed by atoms with van der Waals surface area (Å²) in [5.41, 5.74) is 3.38. The quantitative estimate of drug-likeness (QED) is 0.0811. The molecule has 4 rings (SSSR count). The molecule has 1 heterocycles. The van der Waals surface area contributed by atoms with Gasteiger partial charge in [0.2, 0.25) is 5.89 Å². The van der Waals surface area contributed by atoms with Gasteiger partial charge in [-0.2, -0.15) is 26.3 Å². The molecule has 2 unspecified atom stereocenters. The summed E-state index contributed by atoms with van der Waals surface area (Å²) in [5, 5.41) is -0.263. The predicted molar refractivity (Wildman–Crippen MR) is 151 cm³/mol. The van der Waals surface area contributed by atoms with Crippen LogP contribution in [0, 0.1) is 0 Å². The first kappa shape index (κ1) is 31.9. The Morgan fingerprint density at radius 3 is 2.28 bits per heavy atom. The molecule has 3 aromatic carbocycles. The number of nitrogens with zero attached hydrogens (tertiary/aromatic N) is 3. The molecule has 0 aliphatic carbocycles. The smallest absolute Gasteiger partial charge is 0.465 e. The summed E-state index contributed by atoms with van der Waals surface area (Å²) in [6, 6.07) is 16.8. The summed E-state index contributed by atoms with van der Waals surface area (Å²) in [6.45, 7) is 1.65. The molecule has 0 amide bonds. The minimum Gasteiger partial charge on any atom is -0.465 e. The van der Waals surface area contributed by atoms with Crippen molar-refractivity contribution in [3.63, 3.8) is 0 Å². The van der Waals surface area contributed by atoms with Crippen LogP contribution >= 0.6 is 0 Å². The maximum atomic E-state index is 13.7. The number of rotatable bonds is 11. The molecule has 0 bridgehead atoms. The topological polar surface area (TPSA) is 63.0 Å². The normalized spacial score (nSPS) is 14.0. The summed E-state index contributed by atoms with van der Waals surface area (Å²) in [6.07, 6.45) is -8.54. The number of oxazole rings is 1. The van der Waals surface area contributed by atoms with Crippen molar-refractivity contribution in [3.05, 3.63) is 89.3 Å². The molecule has 4 aromatic rings. The van der Waals surface area contributed by atoms with Crippen LogP contribution in [-0.4, -0.2) is 42.9 Å². The summed E-state index contributed by atoms with van der Waals surface area (Å²) >= 11 is 0. The van der Waals surface area contributed by atoms with E-state index < -0.39 is 42.7 Å². The molecular weight excluding hydrogens is 578 g/mol. The summed E-state index contributed by atoms with van der Waals surface area (Å²) < 4.78 is 98.0. The van der Waals surface area contributed by atoms with Gasteiger partial charge in [-0.05, 0) is 61.4 Å². The van der Waals surface area contributed by atoms with Gasteiger partial charge in [-0.3, -0.25) is 0 Å². The van der Waals surface area contributed by atoms with Gasteiger partial charge in [0, 0.05) is 38.5 Å². The molecule has 230 valence electrons. The van der Waals surface area contributed by atoms with Gasteiger partial charge in [0.05, 0.1) is 5.56 Å². The number of ether oxygens (including phenoxy) is 2. The lowest BCUT2D eigenvalue weighted by Crippen LogP contribution is -2.52. The van der Waals surface area contributed by atoms with Gasteiger partial charge in [-0.15, -0.1) is 5.01 Å². The number of alkyl halides is 6. The lowest BCUT2D eigenvalue weighted by molar-refractivity contribution is -0.285. The molecule has 0 fully saturated rings. The third-order valence-corrected chi connectivity index (χ3v) is 6.20. The monoisotopic (exact) mass is 608 g/mol. The zero-order valence-corrected chi connectivity index (χ0v) is 23.7. The molecule has 0 saturated heterocycles. The minimum atomic E-state index is -5.00. The van der Waals surface area contributed by atoms with Crippen molar-refractivity contribution in [1.82, 2.24) is 15.4 Å². The molecule has 0 aliphatic heterocycles. The van der Waals surface area contributed by atoms with Gasteiger partial charge < -0.3 is 18.8 Å². The molecule has 1 aromatic heterocycles. The molecule has 13 heteroatoms. The Kier molecular flexibility index (Phi) is 9.68. The van der Waals surface area contributed by atoms with Crippen LogP contribution in [0.2, 0.25) is 0 Å². The van der Waals surface area contributed by atoms with Gasteiger partial charge in [0.1, 0.15) is 17.5 Å². The van der Waals surface area contributed by atoms with E-state index in [1.165, 1.54) is 19.9 Å². The SMILES string of the molecule is CC(NN(Cc1ccccc1C(F)(F)F)C(F)(F)F)OC(C)Oc1ccc2nc(/C=C/c3ccc(N(C)C)cc3)oc2c1. The van der Waals surface area contributed by atoms with Gasteiger partial charge >= 0.3 is 12.5 Å². The lowest BCUT2D eigenvalue weighted by Gasteiger charge is -2.30. The van der Waals surface area contributed by atoms with Crippen LogP contribution in [0.3, 0.4) is 0 Å². The van der Waals surface area contributed by atoms with Crippen LogP contribution in [0.4, 0.5) is 32.0 Å². The molecule has 0 radical (unpaired) electrons. The zero-order valence-electron chi connectivity index (χ0n) is 23.7. The molecule has 7 nitrogen and oxygen atoms in total. The number of hydrogen-bond acceptors (Lipinski definition) is 7. The Labute approximate surface area is 244 Å². The second-order valence-corrected chi connectivity index (χ2v) is 9.80. The highest BCUT2D eigenvalue weighted by Crippen LogP contribution is 2.33. The molecule has 43 heavy (non-hydrogen) atoms. The van der Waals surface area contributed by atoms with E-state index in [0.717, 1.165) is 29.4 Å². The van der Waals surface area contributed by atoms with Crippen molar-refractivity contribution >= 4 is 28.9 Å². The molecular formula is C30H30F6N4O3.